The lowest BCUT2D eigenvalue weighted by molar-refractivity contribution is -0.391. The van der Waals surface area contributed by atoms with E-state index in [4.69, 9.17) is 0 Å². The van der Waals surface area contributed by atoms with Crippen molar-refractivity contribution in [3.63, 3.8) is 0 Å². The number of pyridine rings is 1. The van der Waals surface area contributed by atoms with Gasteiger partial charge in [0.15, 0.2) is 0 Å². The maximum absolute atomic E-state index is 12.1. The fourth-order valence-corrected chi connectivity index (χ4v) is 1.21. The van der Waals surface area contributed by atoms with Crippen molar-refractivity contribution in [1.29, 1.82) is 0 Å². The Morgan fingerprint density at radius 2 is 2.00 bits per heavy atom. The molecule has 0 bridgehead atoms. The highest BCUT2D eigenvalue weighted by molar-refractivity contribution is 14.1. The van der Waals surface area contributed by atoms with Gasteiger partial charge in [0.1, 0.15) is 3.57 Å². The van der Waals surface area contributed by atoms with Crippen LogP contribution in [0.1, 0.15) is 5.69 Å². The largest absolute Gasteiger partial charge is 0.457 e. The van der Waals surface area contributed by atoms with Gasteiger partial charge in [0.25, 0.3) is 5.69 Å². The Labute approximate surface area is 89.4 Å². The summed E-state index contributed by atoms with van der Waals surface area (Å²) in [5.41, 5.74) is -1.26. The van der Waals surface area contributed by atoms with E-state index in [0.717, 1.165) is 6.07 Å². The van der Waals surface area contributed by atoms with Crippen LogP contribution in [0.15, 0.2) is 12.1 Å². The third-order valence-corrected chi connectivity index (χ3v) is 2.13. The van der Waals surface area contributed by atoms with Crippen LogP contribution in [0.25, 0.3) is 0 Å². The smallest absolute Gasteiger partial charge is 0.358 e. The molecule has 76 valence electrons. The number of hydrogen-bond donors (Lipinski definition) is 0. The van der Waals surface area contributed by atoms with Crippen molar-refractivity contribution in [3.05, 3.63) is 31.5 Å². The molecular weight excluding hydrogens is 316 g/mol. The second kappa shape index (κ2) is 3.67. The lowest BCUT2D eigenvalue weighted by Crippen LogP contribution is -2.09. The molecule has 0 aromatic carbocycles. The molecule has 0 saturated carbocycles. The Morgan fingerprint density at radius 1 is 1.43 bits per heavy atom. The van der Waals surface area contributed by atoms with Crippen LogP contribution in [0.5, 0.6) is 0 Å². The van der Waals surface area contributed by atoms with Gasteiger partial charge >= 0.3 is 12.0 Å². The zero-order valence-corrected chi connectivity index (χ0v) is 8.53. The SMILES string of the molecule is O=[N+]([O-])c1nc(C(F)(F)F)ccc1I. The average molecular weight is 318 g/mol. The number of rotatable bonds is 1. The minimum Gasteiger partial charge on any atom is -0.358 e. The number of alkyl halides is 3. The van der Waals surface area contributed by atoms with E-state index in [9.17, 15) is 23.3 Å². The highest BCUT2D eigenvalue weighted by Gasteiger charge is 2.38. The van der Waals surface area contributed by atoms with Crippen LogP contribution in [-0.4, -0.2) is 9.91 Å². The first-order valence-corrected chi connectivity index (χ1v) is 4.28. The van der Waals surface area contributed by atoms with Crippen LogP contribution in [0, 0.1) is 13.7 Å². The van der Waals surface area contributed by atoms with E-state index < -0.39 is 22.6 Å². The standard InChI is InChI=1S/C6H2F3IN2O2/c7-6(8,9)4-2-1-3(10)5(11-4)12(13)14/h1-2H. The molecule has 0 radical (unpaired) electrons. The number of hydrogen-bond acceptors (Lipinski definition) is 3. The molecule has 0 aliphatic heterocycles. The van der Waals surface area contributed by atoms with Gasteiger partial charge in [-0.3, -0.25) is 0 Å². The summed E-state index contributed by atoms with van der Waals surface area (Å²) in [5, 5.41) is 10.3. The van der Waals surface area contributed by atoms with Crippen LogP contribution >= 0.6 is 22.6 Å². The summed E-state index contributed by atoms with van der Waals surface area (Å²) in [7, 11) is 0. The first kappa shape index (κ1) is 11.1. The third kappa shape index (κ3) is 2.30. The number of aromatic nitrogens is 1. The first-order valence-electron chi connectivity index (χ1n) is 3.20. The van der Waals surface area contributed by atoms with Gasteiger partial charge in [-0.15, -0.1) is 0 Å². The number of halogens is 4. The number of nitro groups is 1. The van der Waals surface area contributed by atoms with Crippen molar-refractivity contribution in [1.82, 2.24) is 4.98 Å². The van der Waals surface area contributed by atoms with E-state index in [1.165, 1.54) is 0 Å². The Balaban J connectivity index is 3.27. The Bertz CT molecular complexity index is 380. The Kier molecular flexibility index (Phi) is 2.92. The molecule has 1 aromatic rings. The molecule has 0 fully saturated rings. The molecule has 1 rings (SSSR count). The topological polar surface area (TPSA) is 56.0 Å². The molecule has 8 heteroatoms. The maximum atomic E-state index is 12.1. The minimum atomic E-state index is -4.66. The van der Waals surface area contributed by atoms with Crippen molar-refractivity contribution >= 4 is 28.4 Å². The predicted molar refractivity (Wildman–Crippen MR) is 48.6 cm³/mol. The van der Waals surface area contributed by atoms with Crippen molar-refractivity contribution in [2.24, 2.45) is 0 Å². The molecule has 0 atom stereocenters. The van der Waals surface area contributed by atoms with Gasteiger partial charge in [-0.25, -0.2) is 0 Å². The van der Waals surface area contributed by atoms with Gasteiger partial charge in [-0.1, -0.05) is 0 Å². The van der Waals surface area contributed by atoms with E-state index in [0.29, 0.717) is 6.07 Å². The molecule has 0 aliphatic carbocycles. The monoisotopic (exact) mass is 318 g/mol. The molecule has 0 saturated heterocycles. The maximum Gasteiger partial charge on any atom is 0.457 e. The van der Waals surface area contributed by atoms with Crippen LogP contribution in [0.2, 0.25) is 0 Å². The number of nitrogens with zero attached hydrogens (tertiary/aromatic N) is 2. The molecule has 0 unspecified atom stereocenters. The summed E-state index contributed by atoms with van der Waals surface area (Å²) in [6, 6.07) is 1.71. The molecular formula is C6H2F3IN2O2. The molecule has 0 aliphatic rings. The van der Waals surface area contributed by atoms with E-state index in [2.05, 4.69) is 4.98 Å². The van der Waals surface area contributed by atoms with E-state index in [1.54, 1.807) is 22.6 Å². The van der Waals surface area contributed by atoms with Gasteiger partial charge in [0.2, 0.25) is 0 Å². The second-order valence-electron chi connectivity index (χ2n) is 2.26. The molecule has 0 spiro atoms. The summed E-state index contributed by atoms with van der Waals surface area (Å²) in [4.78, 5) is 12.2. The van der Waals surface area contributed by atoms with Gasteiger partial charge in [0.05, 0.1) is 0 Å². The summed E-state index contributed by atoms with van der Waals surface area (Å²) in [5.74, 6) is -0.777. The Hall–Kier alpha value is -0.930. The highest BCUT2D eigenvalue weighted by atomic mass is 127. The molecule has 14 heavy (non-hydrogen) atoms. The van der Waals surface area contributed by atoms with Crippen molar-refractivity contribution in [2.75, 3.05) is 0 Å². The average Bonchev–Trinajstić information content (AvgIpc) is 2.02. The normalized spacial score (nSPS) is 11.4. The highest BCUT2D eigenvalue weighted by Crippen LogP contribution is 2.30. The van der Waals surface area contributed by atoms with Gasteiger partial charge in [0, 0.05) is 0 Å². The van der Waals surface area contributed by atoms with Gasteiger partial charge < -0.3 is 10.1 Å². The van der Waals surface area contributed by atoms with Crippen LogP contribution in [-0.2, 0) is 6.18 Å². The van der Waals surface area contributed by atoms with Crippen LogP contribution in [0.3, 0.4) is 0 Å². The van der Waals surface area contributed by atoms with E-state index >= 15 is 0 Å². The van der Waals surface area contributed by atoms with E-state index in [-0.39, 0.29) is 3.57 Å². The quantitative estimate of drug-likeness (QED) is 0.454. The van der Waals surface area contributed by atoms with Crippen LogP contribution in [0.4, 0.5) is 19.0 Å². The minimum absolute atomic E-state index is 0.0700. The second-order valence-corrected chi connectivity index (χ2v) is 3.42. The molecule has 1 aromatic heterocycles. The van der Waals surface area contributed by atoms with Crippen molar-refractivity contribution < 1.29 is 18.1 Å². The van der Waals surface area contributed by atoms with Gasteiger partial charge in [-0.2, -0.15) is 13.2 Å². The molecule has 0 amide bonds. The molecule has 1 heterocycles. The summed E-state index contributed by atoms with van der Waals surface area (Å²) >= 11 is 1.55. The van der Waals surface area contributed by atoms with Crippen LogP contribution < -0.4 is 0 Å². The lowest BCUT2D eigenvalue weighted by atomic mass is 10.3. The summed E-state index contributed by atoms with van der Waals surface area (Å²) in [6.07, 6.45) is -4.66. The zero-order valence-electron chi connectivity index (χ0n) is 6.38. The zero-order chi connectivity index (χ0) is 10.9. The Morgan fingerprint density at radius 3 is 2.43 bits per heavy atom. The fraction of sp³-hybridized carbons (Fsp3) is 0.167. The van der Waals surface area contributed by atoms with Crippen molar-refractivity contribution in [2.45, 2.75) is 6.18 Å². The van der Waals surface area contributed by atoms with Gasteiger partial charge in [-0.05, 0) is 44.6 Å². The summed E-state index contributed by atoms with van der Waals surface area (Å²) in [6.45, 7) is 0. The predicted octanol–water partition coefficient (Wildman–Crippen LogP) is 2.61. The first-order chi connectivity index (χ1) is 6.32. The molecule has 0 N–H and O–H groups in total. The lowest BCUT2D eigenvalue weighted by Gasteiger charge is -2.01. The van der Waals surface area contributed by atoms with E-state index in [1.807, 2.05) is 0 Å². The third-order valence-electron chi connectivity index (χ3n) is 1.29. The fourth-order valence-electron chi connectivity index (χ4n) is 0.717. The summed E-state index contributed by atoms with van der Waals surface area (Å²) < 4.78 is 36.3. The van der Waals surface area contributed by atoms with Crippen molar-refractivity contribution in [3.8, 4) is 0 Å². The molecule has 4 nitrogen and oxygen atoms in total.